The predicted octanol–water partition coefficient (Wildman–Crippen LogP) is 2.51. The largest absolute Gasteiger partial charge is 0.492 e. The van der Waals surface area contributed by atoms with Gasteiger partial charge in [0.1, 0.15) is 35.2 Å². The van der Waals surface area contributed by atoms with Gasteiger partial charge in [-0.15, -0.1) is 0 Å². The van der Waals surface area contributed by atoms with E-state index >= 15 is 0 Å². The van der Waals surface area contributed by atoms with Gasteiger partial charge in [-0.2, -0.15) is 5.10 Å². The van der Waals surface area contributed by atoms with Gasteiger partial charge in [0.2, 0.25) is 0 Å². The maximum atomic E-state index is 13.9. The minimum Gasteiger partial charge on any atom is -0.492 e. The van der Waals surface area contributed by atoms with Crippen molar-refractivity contribution in [2.75, 3.05) is 18.2 Å². The number of carboxylic acid groups (broad SMARTS) is 1. The van der Waals surface area contributed by atoms with Crippen molar-refractivity contribution in [2.24, 2.45) is 0 Å². The van der Waals surface area contributed by atoms with Gasteiger partial charge in [-0.05, 0) is 36.8 Å². The van der Waals surface area contributed by atoms with Crippen LogP contribution >= 0.6 is 0 Å². The lowest BCUT2D eigenvalue weighted by Gasteiger charge is -2.14. The molecule has 0 saturated carbocycles. The molecule has 0 radical (unpaired) electrons. The number of amides is 1. The molecule has 0 unspecified atom stereocenters. The van der Waals surface area contributed by atoms with Crippen molar-refractivity contribution < 1.29 is 23.8 Å². The van der Waals surface area contributed by atoms with E-state index in [1.807, 2.05) is 0 Å². The van der Waals surface area contributed by atoms with Gasteiger partial charge in [0.15, 0.2) is 5.75 Å². The van der Waals surface area contributed by atoms with Gasteiger partial charge in [-0.3, -0.25) is 5.32 Å². The van der Waals surface area contributed by atoms with Crippen LogP contribution in [0.3, 0.4) is 0 Å². The molecule has 10 nitrogen and oxygen atoms in total. The second-order valence-electron chi connectivity index (χ2n) is 6.02. The molecule has 152 valence electrons. The lowest BCUT2D eigenvalue weighted by molar-refractivity contribution is 0.102. The quantitative estimate of drug-likeness (QED) is 0.513. The molecule has 1 amide bonds. The van der Waals surface area contributed by atoms with E-state index in [1.165, 1.54) is 24.2 Å². The molecule has 0 bridgehead atoms. The van der Waals surface area contributed by atoms with Gasteiger partial charge in [0.05, 0.1) is 26.0 Å². The molecular weight excluding hydrogens is 383 g/mol. The SMILES string of the molecule is COc1c(N)cc(COCc2nc(NC(=O)O)ccc2F)cc1-n1cnc(C)n1. The summed E-state index contributed by atoms with van der Waals surface area (Å²) < 4.78 is 26.4. The normalized spacial score (nSPS) is 10.7. The van der Waals surface area contributed by atoms with E-state index in [-0.39, 0.29) is 24.7 Å². The first-order chi connectivity index (χ1) is 13.9. The van der Waals surface area contributed by atoms with Crippen LogP contribution in [0.4, 0.5) is 20.7 Å². The number of aryl methyl sites for hydroxylation is 1. The van der Waals surface area contributed by atoms with Crippen LogP contribution in [-0.2, 0) is 18.0 Å². The zero-order chi connectivity index (χ0) is 21.0. The van der Waals surface area contributed by atoms with Crippen LogP contribution in [0.2, 0.25) is 0 Å². The number of hydrogen-bond donors (Lipinski definition) is 3. The summed E-state index contributed by atoms with van der Waals surface area (Å²) >= 11 is 0. The topological polar surface area (TPSA) is 137 Å². The smallest absolute Gasteiger partial charge is 0.410 e. The summed E-state index contributed by atoms with van der Waals surface area (Å²) in [6, 6.07) is 5.80. The highest BCUT2D eigenvalue weighted by Gasteiger charge is 2.14. The number of aromatic nitrogens is 4. The van der Waals surface area contributed by atoms with E-state index in [2.05, 4.69) is 20.4 Å². The van der Waals surface area contributed by atoms with Crippen molar-refractivity contribution in [3.63, 3.8) is 0 Å². The number of nitrogens with two attached hydrogens (primary N) is 1. The van der Waals surface area contributed by atoms with E-state index in [0.29, 0.717) is 28.5 Å². The molecule has 0 aliphatic heterocycles. The number of halogens is 1. The highest BCUT2D eigenvalue weighted by molar-refractivity contribution is 5.81. The fraction of sp³-hybridized carbons (Fsp3) is 0.222. The van der Waals surface area contributed by atoms with Crippen molar-refractivity contribution in [1.29, 1.82) is 0 Å². The lowest BCUT2D eigenvalue weighted by atomic mass is 10.1. The second-order valence-corrected chi connectivity index (χ2v) is 6.02. The van der Waals surface area contributed by atoms with Gasteiger partial charge in [0.25, 0.3) is 0 Å². The number of nitrogen functional groups attached to an aromatic ring is 1. The first kappa shape index (κ1) is 20.0. The molecular formula is C18H19FN6O4. The zero-order valence-electron chi connectivity index (χ0n) is 15.7. The summed E-state index contributed by atoms with van der Waals surface area (Å²) in [5.41, 5.74) is 7.72. The molecule has 0 fully saturated rings. The van der Waals surface area contributed by atoms with Gasteiger partial charge in [-0.25, -0.2) is 23.8 Å². The van der Waals surface area contributed by atoms with Crippen LogP contribution in [0.15, 0.2) is 30.6 Å². The van der Waals surface area contributed by atoms with E-state index in [9.17, 15) is 9.18 Å². The third-order valence-corrected chi connectivity index (χ3v) is 3.88. The van der Waals surface area contributed by atoms with Gasteiger partial charge < -0.3 is 20.3 Å². The molecule has 0 spiro atoms. The molecule has 29 heavy (non-hydrogen) atoms. The minimum atomic E-state index is -1.29. The summed E-state index contributed by atoms with van der Waals surface area (Å²) in [6.07, 6.45) is 0.248. The predicted molar refractivity (Wildman–Crippen MR) is 101 cm³/mol. The van der Waals surface area contributed by atoms with E-state index in [1.54, 1.807) is 19.1 Å². The molecule has 0 saturated heterocycles. The number of hydrogen-bond acceptors (Lipinski definition) is 7. The summed E-state index contributed by atoms with van der Waals surface area (Å²) in [7, 11) is 1.50. The second kappa shape index (κ2) is 8.52. The van der Waals surface area contributed by atoms with Gasteiger partial charge >= 0.3 is 6.09 Å². The van der Waals surface area contributed by atoms with Crippen molar-refractivity contribution in [3.8, 4) is 11.4 Å². The maximum Gasteiger partial charge on any atom is 0.410 e. The van der Waals surface area contributed by atoms with Crippen molar-refractivity contribution in [3.05, 3.63) is 53.5 Å². The van der Waals surface area contributed by atoms with Gasteiger partial charge in [-0.1, -0.05) is 0 Å². The molecule has 0 atom stereocenters. The van der Waals surface area contributed by atoms with Crippen molar-refractivity contribution in [2.45, 2.75) is 20.1 Å². The Bertz CT molecular complexity index is 1040. The summed E-state index contributed by atoms with van der Waals surface area (Å²) in [6.45, 7) is 1.70. The van der Waals surface area contributed by atoms with Crippen molar-refractivity contribution in [1.82, 2.24) is 19.7 Å². The fourth-order valence-corrected chi connectivity index (χ4v) is 2.66. The number of ether oxygens (including phenoxy) is 2. The van der Waals surface area contributed by atoms with E-state index < -0.39 is 11.9 Å². The molecule has 3 aromatic rings. The zero-order valence-corrected chi connectivity index (χ0v) is 15.7. The molecule has 2 heterocycles. The summed E-state index contributed by atoms with van der Waals surface area (Å²) in [4.78, 5) is 18.7. The highest BCUT2D eigenvalue weighted by Crippen LogP contribution is 2.31. The molecule has 0 aliphatic rings. The number of methoxy groups -OCH3 is 1. The number of rotatable bonds is 7. The van der Waals surface area contributed by atoms with Gasteiger partial charge in [0, 0.05) is 0 Å². The molecule has 11 heteroatoms. The van der Waals surface area contributed by atoms with Crippen LogP contribution < -0.4 is 15.8 Å². The Kier molecular flexibility index (Phi) is 5.88. The molecule has 3 rings (SSSR count). The molecule has 4 N–H and O–H groups in total. The lowest BCUT2D eigenvalue weighted by Crippen LogP contribution is -2.10. The molecule has 2 aromatic heterocycles. The number of carbonyl (C=O) groups is 1. The van der Waals surface area contributed by atoms with Crippen LogP contribution in [0, 0.1) is 12.7 Å². The highest BCUT2D eigenvalue weighted by atomic mass is 19.1. The Morgan fingerprint density at radius 1 is 1.34 bits per heavy atom. The third-order valence-electron chi connectivity index (χ3n) is 3.88. The molecule has 1 aromatic carbocycles. The van der Waals surface area contributed by atoms with Crippen LogP contribution in [0.5, 0.6) is 5.75 Å². The number of benzene rings is 1. The average Bonchev–Trinajstić information content (AvgIpc) is 3.09. The standard InChI is InChI=1S/C18H19FN6O4/c1-10-21-9-25(24-10)15-6-11(5-13(20)17(15)28-2)7-29-8-14-12(19)3-4-16(22-14)23-18(26)27/h3-6,9H,7-8,20H2,1-2H3,(H,22,23)(H,26,27). The summed E-state index contributed by atoms with van der Waals surface area (Å²) in [5, 5.41) is 15.1. The number of nitrogens with zero attached hydrogens (tertiary/aromatic N) is 4. The average molecular weight is 402 g/mol. The number of pyridine rings is 1. The first-order valence-electron chi connectivity index (χ1n) is 8.45. The van der Waals surface area contributed by atoms with Crippen LogP contribution in [-0.4, -0.2) is 38.1 Å². The Hall–Kier alpha value is -3.73. The number of nitrogens with one attached hydrogen (secondary N) is 1. The third kappa shape index (κ3) is 4.76. The number of anilines is 2. The van der Waals surface area contributed by atoms with E-state index in [0.717, 1.165) is 6.07 Å². The Morgan fingerprint density at radius 2 is 2.14 bits per heavy atom. The minimum absolute atomic E-state index is 0.00929. The molecule has 0 aliphatic carbocycles. The Labute approximate surface area is 165 Å². The van der Waals surface area contributed by atoms with E-state index in [4.69, 9.17) is 20.3 Å². The van der Waals surface area contributed by atoms with Crippen molar-refractivity contribution >= 4 is 17.6 Å². The summed E-state index contributed by atoms with van der Waals surface area (Å²) in [5.74, 6) is 0.437. The fourth-order valence-electron chi connectivity index (χ4n) is 2.66. The van der Waals surface area contributed by atoms with Crippen LogP contribution in [0.25, 0.3) is 5.69 Å². The Balaban J connectivity index is 1.76. The maximum absolute atomic E-state index is 13.9. The first-order valence-corrected chi connectivity index (χ1v) is 8.45. The van der Waals surface area contributed by atoms with Crippen LogP contribution in [0.1, 0.15) is 17.1 Å². The monoisotopic (exact) mass is 402 g/mol. The Morgan fingerprint density at radius 3 is 2.79 bits per heavy atom.